The summed E-state index contributed by atoms with van der Waals surface area (Å²) in [4.78, 5) is 7.72. The van der Waals surface area contributed by atoms with Crippen LogP contribution in [0.15, 0.2) is 35.4 Å². The Hall–Kier alpha value is -1.35. The van der Waals surface area contributed by atoms with E-state index in [2.05, 4.69) is 9.88 Å². The van der Waals surface area contributed by atoms with E-state index in [9.17, 15) is 12.8 Å². The monoisotopic (exact) mass is 355 g/mol. The second kappa shape index (κ2) is 6.64. The van der Waals surface area contributed by atoms with Crippen molar-refractivity contribution in [2.24, 2.45) is 0 Å². The number of piperazine rings is 1. The zero-order chi connectivity index (χ0) is 16.4. The molecule has 0 N–H and O–H groups in total. The normalized spacial score (nSPS) is 17.5. The molecule has 2 aromatic rings. The van der Waals surface area contributed by atoms with E-state index in [0.29, 0.717) is 26.2 Å². The first-order valence-corrected chi connectivity index (χ1v) is 9.60. The SMILES string of the molecule is Cc1cnc(CN2CCN(S(=O)(=O)c3cccc(F)c3)CC2)s1. The van der Waals surface area contributed by atoms with Crippen molar-refractivity contribution in [2.75, 3.05) is 26.2 Å². The Morgan fingerprint density at radius 3 is 2.61 bits per heavy atom. The van der Waals surface area contributed by atoms with Crippen molar-refractivity contribution < 1.29 is 12.8 Å². The van der Waals surface area contributed by atoms with Gasteiger partial charge >= 0.3 is 0 Å². The molecule has 1 aromatic carbocycles. The van der Waals surface area contributed by atoms with Gasteiger partial charge in [0.1, 0.15) is 10.8 Å². The van der Waals surface area contributed by atoms with Gasteiger partial charge in [0, 0.05) is 37.3 Å². The lowest BCUT2D eigenvalue weighted by Gasteiger charge is -2.33. The molecule has 124 valence electrons. The van der Waals surface area contributed by atoms with Crippen LogP contribution in [0.3, 0.4) is 0 Å². The third kappa shape index (κ3) is 3.77. The summed E-state index contributed by atoms with van der Waals surface area (Å²) in [6.07, 6.45) is 1.85. The molecular weight excluding hydrogens is 337 g/mol. The second-order valence-electron chi connectivity index (χ2n) is 5.50. The van der Waals surface area contributed by atoms with E-state index in [-0.39, 0.29) is 4.90 Å². The molecule has 0 bridgehead atoms. The Morgan fingerprint density at radius 2 is 2.00 bits per heavy atom. The largest absolute Gasteiger partial charge is 0.294 e. The number of aromatic nitrogens is 1. The number of benzene rings is 1. The fraction of sp³-hybridized carbons (Fsp3) is 0.400. The molecule has 0 aliphatic carbocycles. The van der Waals surface area contributed by atoms with E-state index in [1.165, 1.54) is 27.4 Å². The molecule has 1 saturated heterocycles. The van der Waals surface area contributed by atoms with Gasteiger partial charge in [0.25, 0.3) is 0 Å². The highest BCUT2D eigenvalue weighted by Crippen LogP contribution is 2.20. The molecule has 23 heavy (non-hydrogen) atoms. The van der Waals surface area contributed by atoms with Crippen LogP contribution in [0.1, 0.15) is 9.88 Å². The zero-order valence-corrected chi connectivity index (χ0v) is 14.4. The molecule has 0 unspecified atom stereocenters. The third-order valence-corrected chi connectivity index (χ3v) is 6.59. The first-order valence-electron chi connectivity index (χ1n) is 7.34. The number of thiazole rings is 1. The fourth-order valence-corrected chi connectivity index (χ4v) is 4.85. The van der Waals surface area contributed by atoms with E-state index >= 15 is 0 Å². The van der Waals surface area contributed by atoms with E-state index in [1.807, 2.05) is 13.1 Å². The molecule has 1 aliphatic rings. The Balaban J connectivity index is 1.64. The fourth-order valence-electron chi connectivity index (χ4n) is 2.57. The van der Waals surface area contributed by atoms with Crippen LogP contribution in [-0.2, 0) is 16.6 Å². The van der Waals surface area contributed by atoms with Crippen LogP contribution < -0.4 is 0 Å². The van der Waals surface area contributed by atoms with Gasteiger partial charge in [-0.3, -0.25) is 4.90 Å². The summed E-state index contributed by atoms with van der Waals surface area (Å²) in [7, 11) is -3.62. The lowest BCUT2D eigenvalue weighted by atomic mass is 10.3. The second-order valence-corrected chi connectivity index (χ2v) is 8.76. The smallest absolute Gasteiger partial charge is 0.243 e. The molecule has 5 nitrogen and oxygen atoms in total. The minimum Gasteiger partial charge on any atom is -0.294 e. The van der Waals surface area contributed by atoms with E-state index in [1.54, 1.807) is 11.3 Å². The van der Waals surface area contributed by atoms with Crippen molar-refractivity contribution in [1.29, 1.82) is 0 Å². The van der Waals surface area contributed by atoms with Gasteiger partial charge in [0.2, 0.25) is 10.0 Å². The molecule has 0 atom stereocenters. The first kappa shape index (κ1) is 16.5. The summed E-state index contributed by atoms with van der Waals surface area (Å²) in [6.45, 7) is 4.86. The first-order chi connectivity index (χ1) is 10.9. The number of nitrogens with zero attached hydrogens (tertiary/aromatic N) is 3. The van der Waals surface area contributed by atoms with Crippen molar-refractivity contribution >= 4 is 21.4 Å². The molecule has 1 aliphatic heterocycles. The van der Waals surface area contributed by atoms with Crippen molar-refractivity contribution in [1.82, 2.24) is 14.2 Å². The molecule has 0 radical (unpaired) electrons. The van der Waals surface area contributed by atoms with Crippen molar-refractivity contribution in [2.45, 2.75) is 18.4 Å². The summed E-state index contributed by atoms with van der Waals surface area (Å²) < 4.78 is 39.8. The van der Waals surface area contributed by atoms with Gasteiger partial charge in [-0.25, -0.2) is 17.8 Å². The van der Waals surface area contributed by atoms with Crippen LogP contribution in [0.5, 0.6) is 0 Å². The lowest BCUT2D eigenvalue weighted by Crippen LogP contribution is -2.48. The van der Waals surface area contributed by atoms with Crippen LogP contribution in [0.2, 0.25) is 0 Å². The lowest BCUT2D eigenvalue weighted by molar-refractivity contribution is 0.181. The number of halogens is 1. The molecular formula is C15H18FN3O2S2. The van der Waals surface area contributed by atoms with Gasteiger partial charge in [-0.15, -0.1) is 11.3 Å². The van der Waals surface area contributed by atoms with Crippen LogP contribution in [-0.4, -0.2) is 48.8 Å². The summed E-state index contributed by atoms with van der Waals surface area (Å²) in [5.41, 5.74) is 0. The summed E-state index contributed by atoms with van der Waals surface area (Å²) in [5.74, 6) is -0.538. The average Bonchev–Trinajstić information content (AvgIpc) is 2.93. The molecule has 1 aromatic heterocycles. The quantitative estimate of drug-likeness (QED) is 0.843. The molecule has 2 heterocycles. The Morgan fingerprint density at radius 1 is 1.26 bits per heavy atom. The highest BCUT2D eigenvalue weighted by atomic mass is 32.2. The molecule has 0 saturated carbocycles. The Bertz CT molecular complexity index is 784. The molecule has 0 amide bonds. The van der Waals surface area contributed by atoms with Gasteiger partial charge in [0.15, 0.2) is 0 Å². The topological polar surface area (TPSA) is 53.5 Å². The molecule has 1 fully saturated rings. The van der Waals surface area contributed by atoms with Gasteiger partial charge in [-0.1, -0.05) is 6.07 Å². The molecule has 0 spiro atoms. The number of sulfonamides is 1. The van der Waals surface area contributed by atoms with Gasteiger partial charge < -0.3 is 0 Å². The van der Waals surface area contributed by atoms with Crippen molar-refractivity contribution in [3.8, 4) is 0 Å². The third-order valence-electron chi connectivity index (χ3n) is 3.79. The van der Waals surface area contributed by atoms with Crippen LogP contribution in [0, 0.1) is 12.7 Å². The maximum atomic E-state index is 13.3. The Kier molecular flexibility index (Phi) is 4.77. The standard InChI is InChI=1S/C15H18FN3O2S2/c1-12-10-17-15(22-12)11-18-5-7-19(8-6-18)23(20,21)14-4-2-3-13(16)9-14/h2-4,9-10H,5-8,11H2,1H3. The van der Waals surface area contributed by atoms with E-state index < -0.39 is 15.8 Å². The minimum atomic E-state index is -3.62. The van der Waals surface area contributed by atoms with Gasteiger partial charge in [-0.2, -0.15) is 4.31 Å². The number of hydrogen-bond donors (Lipinski definition) is 0. The van der Waals surface area contributed by atoms with Gasteiger partial charge in [0.05, 0.1) is 11.4 Å². The van der Waals surface area contributed by atoms with Crippen LogP contribution in [0.25, 0.3) is 0 Å². The zero-order valence-electron chi connectivity index (χ0n) is 12.8. The highest BCUT2D eigenvalue weighted by Gasteiger charge is 2.28. The molecule has 8 heteroatoms. The van der Waals surface area contributed by atoms with Crippen molar-refractivity contribution in [3.63, 3.8) is 0 Å². The number of hydrogen-bond acceptors (Lipinski definition) is 5. The maximum Gasteiger partial charge on any atom is 0.243 e. The predicted molar refractivity (Wildman–Crippen MR) is 87.3 cm³/mol. The predicted octanol–water partition coefficient (Wildman–Crippen LogP) is 2.10. The molecule has 3 rings (SSSR count). The van der Waals surface area contributed by atoms with E-state index in [4.69, 9.17) is 0 Å². The summed E-state index contributed by atoms with van der Waals surface area (Å²) in [6, 6.07) is 5.17. The van der Waals surface area contributed by atoms with Crippen molar-refractivity contribution in [3.05, 3.63) is 46.2 Å². The minimum absolute atomic E-state index is 0.0153. The number of aryl methyl sites for hydroxylation is 1. The average molecular weight is 355 g/mol. The number of rotatable bonds is 4. The van der Waals surface area contributed by atoms with Crippen LogP contribution >= 0.6 is 11.3 Å². The van der Waals surface area contributed by atoms with E-state index in [0.717, 1.165) is 17.6 Å². The summed E-state index contributed by atoms with van der Waals surface area (Å²) >= 11 is 1.66. The summed E-state index contributed by atoms with van der Waals surface area (Å²) in [5, 5.41) is 1.05. The van der Waals surface area contributed by atoms with Gasteiger partial charge in [-0.05, 0) is 25.1 Å². The maximum absolute atomic E-state index is 13.3. The van der Waals surface area contributed by atoms with Crippen LogP contribution in [0.4, 0.5) is 4.39 Å². The highest BCUT2D eigenvalue weighted by molar-refractivity contribution is 7.89. The Labute approximate surface area is 139 Å².